The van der Waals surface area contributed by atoms with E-state index in [4.69, 9.17) is 21.1 Å². The molecule has 1 aromatic carbocycles. The van der Waals surface area contributed by atoms with Crippen LogP contribution in [-0.4, -0.2) is 46.4 Å². The third-order valence-corrected chi connectivity index (χ3v) is 5.09. The molecule has 140 valence electrons. The van der Waals surface area contributed by atoms with Gasteiger partial charge in [0.2, 0.25) is 0 Å². The predicted octanol–water partition coefficient (Wildman–Crippen LogP) is 3.26. The molecule has 0 spiro atoms. The van der Waals surface area contributed by atoms with Crippen LogP contribution in [0.4, 0.5) is 0 Å². The minimum absolute atomic E-state index is 0.395. The van der Waals surface area contributed by atoms with Crippen molar-refractivity contribution in [3.05, 3.63) is 28.8 Å². The van der Waals surface area contributed by atoms with E-state index >= 15 is 0 Å². The van der Waals surface area contributed by atoms with Crippen LogP contribution in [0.15, 0.2) is 23.2 Å². The standard InChI is InChI=1S/C19H30ClN3O2/c1-4-25-12-10-19(8-9-19)14-23-18(21-2)22-11-7-15-5-6-16(24-3)13-17(15)20/h5-6,13H,4,7-12,14H2,1-3H3,(H2,21,22,23). The molecule has 0 aromatic heterocycles. The second-order valence-electron chi connectivity index (χ2n) is 6.51. The van der Waals surface area contributed by atoms with Gasteiger partial charge in [-0.1, -0.05) is 17.7 Å². The average Bonchev–Trinajstić information content (AvgIpc) is 3.39. The molecule has 0 radical (unpaired) electrons. The number of hydrogen-bond acceptors (Lipinski definition) is 3. The van der Waals surface area contributed by atoms with Crippen molar-refractivity contribution in [1.29, 1.82) is 0 Å². The van der Waals surface area contributed by atoms with Crippen molar-refractivity contribution < 1.29 is 9.47 Å². The molecule has 2 N–H and O–H groups in total. The molecule has 25 heavy (non-hydrogen) atoms. The van der Waals surface area contributed by atoms with Crippen molar-refractivity contribution in [1.82, 2.24) is 10.6 Å². The summed E-state index contributed by atoms with van der Waals surface area (Å²) in [6.45, 7) is 5.40. The zero-order chi connectivity index (χ0) is 18.1. The summed E-state index contributed by atoms with van der Waals surface area (Å²) in [7, 11) is 3.44. The molecule has 5 nitrogen and oxygen atoms in total. The minimum Gasteiger partial charge on any atom is -0.497 e. The molecule has 2 rings (SSSR count). The number of nitrogens with one attached hydrogen (secondary N) is 2. The number of ether oxygens (including phenoxy) is 2. The molecule has 0 unspecified atom stereocenters. The van der Waals surface area contributed by atoms with Gasteiger partial charge in [0.1, 0.15) is 5.75 Å². The van der Waals surface area contributed by atoms with Crippen LogP contribution in [-0.2, 0) is 11.2 Å². The smallest absolute Gasteiger partial charge is 0.191 e. The van der Waals surface area contributed by atoms with Gasteiger partial charge in [-0.15, -0.1) is 0 Å². The normalized spacial score (nSPS) is 15.8. The number of benzene rings is 1. The fraction of sp³-hybridized carbons (Fsp3) is 0.632. The quantitative estimate of drug-likeness (QED) is 0.378. The summed E-state index contributed by atoms with van der Waals surface area (Å²) >= 11 is 6.28. The van der Waals surface area contributed by atoms with E-state index in [-0.39, 0.29) is 0 Å². The Hall–Kier alpha value is -1.46. The Kier molecular flexibility index (Phi) is 7.85. The molecular formula is C19H30ClN3O2. The molecule has 1 aliphatic rings. The molecule has 1 aromatic rings. The van der Waals surface area contributed by atoms with E-state index in [1.165, 1.54) is 12.8 Å². The summed E-state index contributed by atoms with van der Waals surface area (Å²) in [6, 6.07) is 5.79. The van der Waals surface area contributed by atoms with Crippen LogP contribution in [0.25, 0.3) is 0 Å². The summed E-state index contributed by atoms with van der Waals surface area (Å²) in [4.78, 5) is 4.31. The van der Waals surface area contributed by atoms with Crippen LogP contribution in [0.3, 0.4) is 0 Å². The zero-order valence-corrected chi connectivity index (χ0v) is 16.3. The van der Waals surface area contributed by atoms with Gasteiger partial charge in [0.15, 0.2) is 5.96 Å². The van der Waals surface area contributed by atoms with E-state index in [0.717, 1.165) is 61.4 Å². The largest absolute Gasteiger partial charge is 0.497 e. The lowest BCUT2D eigenvalue weighted by molar-refractivity contribution is 0.128. The second kappa shape index (κ2) is 9.88. The van der Waals surface area contributed by atoms with Gasteiger partial charge in [0.25, 0.3) is 0 Å². The van der Waals surface area contributed by atoms with Gasteiger partial charge in [0.05, 0.1) is 7.11 Å². The van der Waals surface area contributed by atoms with Gasteiger partial charge in [-0.25, -0.2) is 0 Å². The monoisotopic (exact) mass is 367 g/mol. The van der Waals surface area contributed by atoms with Crippen molar-refractivity contribution in [3.63, 3.8) is 0 Å². The molecule has 0 aliphatic heterocycles. The molecule has 0 heterocycles. The van der Waals surface area contributed by atoms with Crippen LogP contribution in [0.2, 0.25) is 5.02 Å². The Balaban J connectivity index is 1.72. The molecule has 1 aliphatic carbocycles. The highest BCUT2D eigenvalue weighted by Gasteiger charge is 2.41. The number of guanidine groups is 1. The Morgan fingerprint density at radius 1 is 1.32 bits per heavy atom. The van der Waals surface area contributed by atoms with Crippen LogP contribution in [0.1, 0.15) is 31.7 Å². The van der Waals surface area contributed by atoms with Crippen molar-refractivity contribution in [3.8, 4) is 5.75 Å². The molecular weight excluding hydrogens is 338 g/mol. The first-order valence-electron chi connectivity index (χ1n) is 8.97. The lowest BCUT2D eigenvalue weighted by Gasteiger charge is -2.18. The van der Waals surface area contributed by atoms with Crippen molar-refractivity contribution in [2.75, 3.05) is 40.5 Å². The Morgan fingerprint density at radius 3 is 2.72 bits per heavy atom. The summed E-state index contributed by atoms with van der Waals surface area (Å²) < 4.78 is 10.7. The number of nitrogens with zero attached hydrogens (tertiary/aromatic N) is 1. The number of methoxy groups -OCH3 is 1. The molecule has 6 heteroatoms. The second-order valence-corrected chi connectivity index (χ2v) is 6.91. The first kappa shape index (κ1) is 19.9. The number of hydrogen-bond donors (Lipinski definition) is 2. The van der Waals surface area contributed by atoms with Crippen LogP contribution in [0, 0.1) is 5.41 Å². The molecule has 1 fully saturated rings. The van der Waals surface area contributed by atoms with Gasteiger partial charge in [-0.05, 0) is 55.7 Å². The van der Waals surface area contributed by atoms with Crippen molar-refractivity contribution in [2.24, 2.45) is 10.4 Å². The van der Waals surface area contributed by atoms with Crippen molar-refractivity contribution >= 4 is 17.6 Å². The highest BCUT2D eigenvalue weighted by molar-refractivity contribution is 6.31. The maximum atomic E-state index is 6.28. The third-order valence-electron chi connectivity index (χ3n) is 4.74. The molecule has 0 bridgehead atoms. The van der Waals surface area contributed by atoms with Gasteiger partial charge in [-0.2, -0.15) is 0 Å². The SMILES string of the molecule is CCOCCC1(CNC(=NC)NCCc2ccc(OC)cc2Cl)CC1. The average molecular weight is 368 g/mol. The summed E-state index contributed by atoms with van der Waals surface area (Å²) in [5, 5.41) is 7.54. The number of aliphatic imine (C=N–C) groups is 1. The van der Waals surface area contributed by atoms with Crippen LogP contribution >= 0.6 is 11.6 Å². The molecule has 1 saturated carbocycles. The van der Waals surface area contributed by atoms with E-state index < -0.39 is 0 Å². The highest BCUT2D eigenvalue weighted by Crippen LogP contribution is 2.48. The predicted molar refractivity (Wildman–Crippen MR) is 104 cm³/mol. The molecule has 0 saturated heterocycles. The Labute approximate surface area is 156 Å². The molecule has 0 amide bonds. The van der Waals surface area contributed by atoms with Crippen LogP contribution in [0.5, 0.6) is 5.75 Å². The highest BCUT2D eigenvalue weighted by atomic mass is 35.5. The van der Waals surface area contributed by atoms with E-state index in [1.54, 1.807) is 14.2 Å². The van der Waals surface area contributed by atoms with Crippen LogP contribution < -0.4 is 15.4 Å². The Morgan fingerprint density at radius 2 is 2.12 bits per heavy atom. The maximum Gasteiger partial charge on any atom is 0.191 e. The Bertz CT molecular complexity index is 574. The lowest BCUT2D eigenvalue weighted by atomic mass is 10.0. The first-order valence-corrected chi connectivity index (χ1v) is 9.35. The van der Waals surface area contributed by atoms with Crippen molar-refractivity contribution in [2.45, 2.75) is 32.6 Å². The van der Waals surface area contributed by atoms with E-state index in [9.17, 15) is 0 Å². The fourth-order valence-electron chi connectivity index (χ4n) is 2.79. The topological polar surface area (TPSA) is 54.9 Å². The van der Waals surface area contributed by atoms with E-state index in [1.807, 2.05) is 25.1 Å². The van der Waals surface area contributed by atoms with E-state index in [2.05, 4.69) is 15.6 Å². The summed E-state index contributed by atoms with van der Waals surface area (Å²) in [5.41, 5.74) is 1.49. The first-order chi connectivity index (χ1) is 12.1. The van der Waals surface area contributed by atoms with E-state index in [0.29, 0.717) is 5.41 Å². The third kappa shape index (κ3) is 6.40. The maximum absolute atomic E-state index is 6.28. The zero-order valence-electron chi connectivity index (χ0n) is 15.5. The van der Waals surface area contributed by atoms with Gasteiger partial charge >= 0.3 is 0 Å². The lowest BCUT2D eigenvalue weighted by Crippen LogP contribution is -2.41. The minimum atomic E-state index is 0.395. The number of halogens is 1. The van der Waals surface area contributed by atoms with Gasteiger partial charge in [0, 0.05) is 38.4 Å². The van der Waals surface area contributed by atoms with Gasteiger partial charge in [-0.3, -0.25) is 4.99 Å². The summed E-state index contributed by atoms with van der Waals surface area (Å²) in [5.74, 6) is 1.62. The number of rotatable bonds is 10. The fourth-order valence-corrected chi connectivity index (χ4v) is 3.06. The van der Waals surface area contributed by atoms with Gasteiger partial charge < -0.3 is 20.1 Å². The molecule has 0 atom stereocenters. The summed E-state index contributed by atoms with van der Waals surface area (Å²) in [6.07, 6.45) is 4.49.